The third-order valence-electron chi connectivity index (χ3n) is 6.77. The number of nitrogens with zero attached hydrogens (tertiary/aromatic N) is 3. The fourth-order valence-corrected chi connectivity index (χ4v) is 4.81. The zero-order valence-corrected chi connectivity index (χ0v) is 19.7. The molecule has 2 N–H and O–H groups in total. The van der Waals surface area contributed by atoms with Crippen molar-refractivity contribution in [1.82, 2.24) is 25.1 Å². The van der Waals surface area contributed by atoms with E-state index in [0.717, 1.165) is 36.8 Å². The molecule has 1 aliphatic carbocycles. The highest BCUT2D eigenvalue weighted by Crippen LogP contribution is 2.30. The molecule has 4 rings (SSSR count). The summed E-state index contributed by atoms with van der Waals surface area (Å²) in [5, 5.41) is 6.02. The van der Waals surface area contributed by atoms with Crippen LogP contribution >= 0.6 is 0 Å². The summed E-state index contributed by atoms with van der Waals surface area (Å²) in [6.45, 7) is 6.84. The molecule has 1 atom stereocenters. The van der Waals surface area contributed by atoms with Gasteiger partial charge in [-0.3, -0.25) is 14.4 Å². The smallest absolute Gasteiger partial charge is 0.273 e. The number of imidazole rings is 1. The van der Waals surface area contributed by atoms with Crippen LogP contribution in [0.15, 0.2) is 30.6 Å². The van der Waals surface area contributed by atoms with E-state index in [0.29, 0.717) is 19.5 Å². The van der Waals surface area contributed by atoms with E-state index in [1.807, 2.05) is 45.0 Å². The molecular formula is C25H33N5O3. The van der Waals surface area contributed by atoms with Gasteiger partial charge < -0.3 is 20.1 Å². The van der Waals surface area contributed by atoms with E-state index < -0.39 is 11.4 Å². The number of hydrogen-bond acceptors (Lipinski definition) is 4. The molecule has 1 saturated carbocycles. The molecule has 2 aromatic rings. The van der Waals surface area contributed by atoms with Crippen molar-refractivity contribution < 1.29 is 14.4 Å². The lowest BCUT2D eigenvalue weighted by Gasteiger charge is -2.44. The summed E-state index contributed by atoms with van der Waals surface area (Å²) in [5.41, 5.74) is 1.44. The van der Waals surface area contributed by atoms with Crippen molar-refractivity contribution in [3.63, 3.8) is 0 Å². The van der Waals surface area contributed by atoms with Gasteiger partial charge in [-0.05, 0) is 38.7 Å². The Hall–Kier alpha value is -3.16. The maximum absolute atomic E-state index is 13.6. The zero-order valence-electron chi connectivity index (χ0n) is 19.7. The van der Waals surface area contributed by atoms with E-state index in [9.17, 15) is 14.4 Å². The van der Waals surface area contributed by atoms with E-state index >= 15 is 0 Å². The van der Waals surface area contributed by atoms with Gasteiger partial charge in [0.15, 0.2) is 5.69 Å². The summed E-state index contributed by atoms with van der Waals surface area (Å²) >= 11 is 0. The largest absolute Gasteiger partial charge is 0.351 e. The molecule has 33 heavy (non-hydrogen) atoms. The number of aryl methyl sites for hydroxylation is 1. The van der Waals surface area contributed by atoms with Gasteiger partial charge in [-0.25, -0.2) is 4.98 Å². The highest BCUT2D eigenvalue weighted by atomic mass is 16.2. The number of aromatic nitrogens is 2. The lowest BCUT2D eigenvalue weighted by Crippen LogP contribution is -2.65. The number of fused-ring (bicyclic) bond motifs is 1. The number of carbonyl (C=O) groups is 3. The van der Waals surface area contributed by atoms with Crippen molar-refractivity contribution >= 4 is 17.7 Å². The SMILES string of the molecule is CCCN1C(=O)c2c(C(=O)NCc3ccc(C)cc3)ncn2C[C@]1(C)C(=O)NC1CCCC1. The second kappa shape index (κ2) is 9.37. The van der Waals surface area contributed by atoms with Gasteiger partial charge in [0.25, 0.3) is 11.8 Å². The summed E-state index contributed by atoms with van der Waals surface area (Å²) in [6, 6.07) is 8.06. The van der Waals surface area contributed by atoms with Crippen LogP contribution in [0, 0.1) is 6.92 Å². The third kappa shape index (κ3) is 4.51. The monoisotopic (exact) mass is 451 g/mol. The number of carbonyl (C=O) groups excluding carboxylic acids is 3. The number of amides is 3. The molecular weight excluding hydrogens is 418 g/mol. The molecule has 0 bridgehead atoms. The maximum atomic E-state index is 13.6. The Balaban J connectivity index is 1.55. The van der Waals surface area contributed by atoms with E-state index in [1.54, 1.807) is 9.47 Å². The quantitative estimate of drug-likeness (QED) is 0.677. The van der Waals surface area contributed by atoms with Gasteiger partial charge in [-0.15, -0.1) is 0 Å². The van der Waals surface area contributed by atoms with Crippen LogP contribution in [0.5, 0.6) is 0 Å². The van der Waals surface area contributed by atoms with E-state index in [1.165, 1.54) is 6.33 Å². The Morgan fingerprint density at radius 1 is 1.18 bits per heavy atom. The maximum Gasteiger partial charge on any atom is 0.273 e. The van der Waals surface area contributed by atoms with Crippen molar-refractivity contribution in [2.75, 3.05) is 6.54 Å². The van der Waals surface area contributed by atoms with Crippen LogP contribution < -0.4 is 10.6 Å². The van der Waals surface area contributed by atoms with Crippen LogP contribution in [0.2, 0.25) is 0 Å². The normalized spacial score (nSPS) is 20.6. The van der Waals surface area contributed by atoms with Crippen molar-refractivity contribution in [2.45, 2.75) is 77.5 Å². The van der Waals surface area contributed by atoms with Crippen molar-refractivity contribution in [3.05, 3.63) is 53.1 Å². The predicted octanol–water partition coefficient (Wildman–Crippen LogP) is 2.80. The topological polar surface area (TPSA) is 96.3 Å². The molecule has 2 heterocycles. The summed E-state index contributed by atoms with van der Waals surface area (Å²) in [7, 11) is 0. The molecule has 3 amide bonds. The van der Waals surface area contributed by atoms with E-state index in [2.05, 4.69) is 15.6 Å². The molecule has 0 spiro atoms. The molecule has 1 aromatic heterocycles. The van der Waals surface area contributed by atoms with Crippen LogP contribution in [0.3, 0.4) is 0 Å². The fourth-order valence-electron chi connectivity index (χ4n) is 4.81. The molecule has 0 saturated heterocycles. The minimum atomic E-state index is -1.03. The number of rotatable bonds is 7. The molecule has 8 nitrogen and oxygen atoms in total. The summed E-state index contributed by atoms with van der Waals surface area (Å²) in [6.07, 6.45) is 6.40. The standard InChI is InChI=1S/C25H33N5O3/c1-4-13-30-23(32)21-20(22(31)26-14-18-11-9-17(2)10-12-18)27-16-29(21)15-25(30,3)24(33)28-19-7-5-6-8-19/h9-12,16,19H,4-8,13-15H2,1-3H3,(H,26,31)(H,28,33)/t25-/m1/s1. The summed E-state index contributed by atoms with van der Waals surface area (Å²) < 4.78 is 1.66. The van der Waals surface area contributed by atoms with Crippen molar-refractivity contribution in [2.24, 2.45) is 0 Å². The lowest BCUT2D eigenvalue weighted by atomic mass is 9.93. The Labute approximate surface area is 194 Å². The second-order valence-electron chi connectivity index (χ2n) is 9.42. The first kappa shape index (κ1) is 23.0. The van der Waals surface area contributed by atoms with Crippen LogP contribution in [-0.4, -0.2) is 50.3 Å². The van der Waals surface area contributed by atoms with Crippen molar-refractivity contribution in [3.8, 4) is 0 Å². The van der Waals surface area contributed by atoms with Gasteiger partial charge in [0, 0.05) is 19.1 Å². The molecule has 176 valence electrons. The highest BCUT2D eigenvalue weighted by Gasteiger charge is 2.48. The average molecular weight is 452 g/mol. The molecule has 8 heteroatoms. The van der Waals surface area contributed by atoms with Gasteiger partial charge in [0.2, 0.25) is 5.91 Å². The molecule has 1 fully saturated rings. The lowest BCUT2D eigenvalue weighted by molar-refractivity contribution is -0.133. The van der Waals surface area contributed by atoms with Gasteiger partial charge >= 0.3 is 0 Å². The van der Waals surface area contributed by atoms with E-state index in [4.69, 9.17) is 0 Å². The summed E-state index contributed by atoms with van der Waals surface area (Å²) in [5.74, 6) is -0.862. The van der Waals surface area contributed by atoms with Crippen LogP contribution in [0.4, 0.5) is 0 Å². The average Bonchev–Trinajstić information content (AvgIpc) is 3.46. The van der Waals surface area contributed by atoms with Gasteiger partial charge in [0.05, 0.1) is 12.9 Å². The first-order valence-electron chi connectivity index (χ1n) is 11.8. The molecule has 2 aliphatic rings. The first-order chi connectivity index (χ1) is 15.8. The van der Waals surface area contributed by atoms with Gasteiger partial charge in [0.1, 0.15) is 11.2 Å². The minimum absolute atomic E-state index is 0.103. The number of benzene rings is 1. The minimum Gasteiger partial charge on any atom is -0.351 e. The first-order valence-corrected chi connectivity index (χ1v) is 11.8. The van der Waals surface area contributed by atoms with Crippen LogP contribution in [-0.2, 0) is 17.9 Å². The Kier molecular flexibility index (Phi) is 6.54. The predicted molar refractivity (Wildman–Crippen MR) is 125 cm³/mol. The second-order valence-corrected chi connectivity index (χ2v) is 9.42. The highest BCUT2D eigenvalue weighted by molar-refractivity contribution is 6.07. The fraction of sp³-hybridized carbons (Fsp3) is 0.520. The van der Waals surface area contributed by atoms with Crippen molar-refractivity contribution in [1.29, 1.82) is 0 Å². The third-order valence-corrected chi connectivity index (χ3v) is 6.77. The van der Waals surface area contributed by atoms with Gasteiger partial charge in [-0.2, -0.15) is 0 Å². The molecule has 0 radical (unpaired) electrons. The molecule has 0 unspecified atom stereocenters. The Morgan fingerprint density at radius 3 is 2.55 bits per heavy atom. The van der Waals surface area contributed by atoms with Crippen LogP contribution in [0.25, 0.3) is 0 Å². The summed E-state index contributed by atoms with van der Waals surface area (Å²) in [4.78, 5) is 45.7. The molecule has 1 aliphatic heterocycles. The van der Waals surface area contributed by atoms with E-state index in [-0.39, 0.29) is 35.8 Å². The zero-order chi connectivity index (χ0) is 23.6. The van der Waals surface area contributed by atoms with Gasteiger partial charge in [-0.1, -0.05) is 49.6 Å². The van der Waals surface area contributed by atoms with Crippen LogP contribution in [0.1, 0.15) is 78.1 Å². The Bertz CT molecular complexity index is 1040. The Morgan fingerprint density at radius 2 is 1.88 bits per heavy atom. The number of hydrogen-bond donors (Lipinski definition) is 2. The molecule has 1 aromatic carbocycles. The number of nitrogens with one attached hydrogen (secondary N) is 2.